The minimum absolute atomic E-state index is 0.114. The van der Waals surface area contributed by atoms with Gasteiger partial charge in [-0.05, 0) is 40.8 Å². The maximum absolute atomic E-state index is 12.0. The zero-order valence-corrected chi connectivity index (χ0v) is 14.2. The van der Waals surface area contributed by atoms with Crippen LogP contribution in [0.2, 0.25) is 0 Å². The number of phenolic OH excluding ortho intramolecular Hbond substituents is 1. The number of nitrogens with one attached hydrogen (secondary N) is 1. The fourth-order valence-electron chi connectivity index (χ4n) is 2.31. The number of hydrogen-bond donors (Lipinski definition) is 3. The molecule has 0 radical (unpaired) electrons. The Hall–Kier alpha value is -3.08. The molecule has 25 heavy (non-hydrogen) atoms. The Labute approximate surface area is 146 Å². The van der Waals surface area contributed by atoms with Crippen molar-refractivity contribution in [3.8, 4) is 5.75 Å². The van der Waals surface area contributed by atoms with Crippen LogP contribution in [0.15, 0.2) is 48.5 Å². The molecule has 1 amide bonds. The molecule has 130 valence electrons. The Kier molecular flexibility index (Phi) is 5.95. The molecule has 0 heterocycles. The zero-order chi connectivity index (χ0) is 18.4. The number of aromatic hydroxyl groups is 1. The molecule has 0 bridgehead atoms. The molecule has 0 aromatic heterocycles. The van der Waals surface area contributed by atoms with Crippen molar-refractivity contribution in [2.75, 3.05) is 5.32 Å². The van der Waals surface area contributed by atoms with E-state index in [9.17, 15) is 14.7 Å². The Morgan fingerprint density at radius 2 is 1.80 bits per heavy atom. The van der Waals surface area contributed by atoms with Crippen LogP contribution in [0.25, 0.3) is 6.08 Å². The highest BCUT2D eigenvalue weighted by atomic mass is 16.4. The average Bonchev–Trinajstić information content (AvgIpc) is 2.56. The third-order valence-electron chi connectivity index (χ3n) is 3.70. The molecule has 2 aromatic rings. The van der Waals surface area contributed by atoms with E-state index in [1.54, 1.807) is 6.08 Å². The lowest BCUT2D eigenvalue weighted by Crippen LogP contribution is -2.09. The van der Waals surface area contributed by atoms with E-state index in [4.69, 9.17) is 5.11 Å². The molecule has 5 nitrogen and oxygen atoms in total. The molecule has 0 fully saturated rings. The number of carboxylic acid groups (broad SMARTS) is 1. The Balaban J connectivity index is 2.05. The SMILES string of the molecule is CC(C)c1ccc(/C=C/C(=O)Nc2cc(CC(=O)O)ccc2O)cc1. The summed E-state index contributed by atoms with van der Waals surface area (Å²) in [5, 5.41) is 21.2. The summed E-state index contributed by atoms with van der Waals surface area (Å²) >= 11 is 0. The number of carbonyl (C=O) groups is 2. The molecule has 3 N–H and O–H groups in total. The van der Waals surface area contributed by atoms with E-state index in [2.05, 4.69) is 19.2 Å². The standard InChI is InChI=1S/C20H21NO4/c1-13(2)16-7-3-14(4-8-16)6-10-19(23)21-17-11-15(12-20(24)25)5-9-18(17)22/h3-11,13,22H,12H2,1-2H3,(H,21,23)(H,24,25)/b10-6+. The summed E-state index contributed by atoms with van der Waals surface area (Å²) in [6.45, 7) is 4.23. The molecule has 0 aliphatic rings. The maximum Gasteiger partial charge on any atom is 0.307 e. The molecule has 5 heteroatoms. The summed E-state index contributed by atoms with van der Waals surface area (Å²) in [6, 6.07) is 12.2. The monoisotopic (exact) mass is 339 g/mol. The lowest BCUT2D eigenvalue weighted by atomic mass is 10.0. The second-order valence-electron chi connectivity index (χ2n) is 6.07. The highest BCUT2D eigenvalue weighted by Gasteiger charge is 2.08. The highest BCUT2D eigenvalue weighted by Crippen LogP contribution is 2.24. The van der Waals surface area contributed by atoms with Gasteiger partial charge in [0, 0.05) is 6.08 Å². The van der Waals surface area contributed by atoms with Gasteiger partial charge in [0.05, 0.1) is 12.1 Å². The van der Waals surface area contributed by atoms with Gasteiger partial charge in [0.2, 0.25) is 5.91 Å². The predicted octanol–water partition coefficient (Wildman–Crippen LogP) is 3.79. The number of anilines is 1. The molecule has 0 saturated carbocycles. The molecule has 0 spiro atoms. The van der Waals surface area contributed by atoms with Crippen LogP contribution in [0.3, 0.4) is 0 Å². The second kappa shape index (κ2) is 8.15. The number of rotatable bonds is 6. The molecule has 2 aromatic carbocycles. The summed E-state index contributed by atoms with van der Waals surface area (Å²) in [4.78, 5) is 22.8. The van der Waals surface area contributed by atoms with Crippen LogP contribution in [0.1, 0.15) is 36.5 Å². The molecule has 0 aliphatic carbocycles. The van der Waals surface area contributed by atoms with E-state index in [-0.39, 0.29) is 17.9 Å². The predicted molar refractivity (Wildman–Crippen MR) is 97.6 cm³/mol. The van der Waals surface area contributed by atoms with E-state index < -0.39 is 11.9 Å². The second-order valence-corrected chi connectivity index (χ2v) is 6.07. The van der Waals surface area contributed by atoms with Gasteiger partial charge < -0.3 is 15.5 Å². The van der Waals surface area contributed by atoms with E-state index in [1.807, 2.05) is 24.3 Å². The van der Waals surface area contributed by atoms with Gasteiger partial charge in [-0.3, -0.25) is 9.59 Å². The first-order valence-electron chi connectivity index (χ1n) is 7.98. The van der Waals surface area contributed by atoms with E-state index in [0.717, 1.165) is 5.56 Å². The van der Waals surface area contributed by atoms with E-state index in [1.165, 1.54) is 29.8 Å². The summed E-state index contributed by atoms with van der Waals surface area (Å²) in [6.07, 6.45) is 2.87. The summed E-state index contributed by atoms with van der Waals surface area (Å²) in [5.74, 6) is -1.05. The van der Waals surface area contributed by atoms with Crippen LogP contribution < -0.4 is 5.32 Å². The van der Waals surface area contributed by atoms with Crippen LogP contribution in [-0.4, -0.2) is 22.1 Å². The van der Waals surface area contributed by atoms with Crippen LogP contribution >= 0.6 is 0 Å². The lowest BCUT2D eigenvalue weighted by Gasteiger charge is -2.07. The van der Waals surface area contributed by atoms with Gasteiger partial charge in [0.15, 0.2) is 0 Å². The van der Waals surface area contributed by atoms with Crippen molar-refractivity contribution in [3.05, 3.63) is 65.2 Å². The van der Waals surface area contributed by atoms with Crippen LogP contribution in [0.4, 0.5) is 5.69 Å². The van der Waals surface area contributed by atoms with Crippen molar-refractivity contribution >= 4 is 23.6 Å². The van der Waals surface area contributed by atoms with Crippen LogP contribution in [-0.2, 0) is 16.0 Å². The molecule has 2 rings (SSSR count). The van der Waals surface area contributed by atoms with Gasteiger partial charge >= 0.3 is 5.97 Å². The van der Waals surface area contributed by atoms with Crippen LogP contribution in [0, 0.1) is 0 Å². The normalized spacial score (nSPS) is 11.0. The number of carbonyl (C=O) groups excluding carboxylic acids is 1. The highest BCUT2D eigenvalue weighted by molar-refractivity contribution is 6.02. The summed E-state index contributed by atoms with van der Waals surface area (Å²) in [5.41, 5.74) is 2.79. The number of amides is 1. The fraction of sp³-hybridized carbons (Fsp3) is 0.200. The first-order chi connectivity index (χ1) is 11.8. The molecule has 0 atom stereocenters. The number of benzene rings is 2. The zero-order valence-electron chi connectivity index (χ0n) is 14.2. The maximum atomic E-state index is 12.0. The molecular formula is C20H21NO4. The third kappa shape index (κ3) is 5.49. The average molecular weight is 339 g/mol. The minimum Gasteiger partial charge on any atom is -0.506 e. The van der Waals surface area contributed by atoms with Gasteiger partial charge in [-0.25, -0.2) is 0 Å². The number of aliphatic carboxylic acids is 1. The summed E-state index contributed by atoms with van der Waals surface area (Å²) < 4.78 is 0. The van der Waals surface area contributed by atoms with E-state index in [0.29, 0.717) is 11.5 Å². The number of hydrogen-bond acceptors (Lipinski definition) is 3. The molecule has 0 unspecified atom stereocenters. The number of carboxylic acids is 1. The van der Waals surface area contributed by atoms with Crippen molar-refractivity contribution < 1.29 is 19.8 Å². The first-order valence-corrected chi connectivity index (χ1v) is 7.98. The van der Waals surface area contributed by atoms with Gasteiger partial charge in [-0.1, -0.05) is 44.2 Å². The Morgan fingerprint density at radius 1 is 1.12 bits per heavy atom. The van der Waals surface area contributed by atoms with Gasteiger partial charge in [0.25, 0.3) is 0 Å². The summed E-state index contributed by atoms with van der Waals surface area (Å²) in [7, 11) is 0. The van der Waals surface area contributed by atoms with Gasteiger partial charge in [-0.15, -0.1) is 0 Å². The van der Waals surface area contributed by atoms with Gasteiger partial charge in [-0.2, -0.15) is 0 Å². The van der Waals surface area contributed by atoms with E-state index >= 15 is 0 Å². The van der Waals surface area contributed by atoms with Crippen molar-refractivity contribution in [3.63, 3.8) is 0 Å². The minimum atomic E-state index is -0.979. The van der Waals surface area contributed by atoms with Crippen LogP contribution in [0.5, 0.6) is 5.75 Å². The lowest BCUT2D eigenvalue weighted by molar-refractivity contribution is -0.136. The van der Waals surface area contributed by atoms with Gasteiger partial charge in [0.1, 0.15) is 5.75 Å². The molecule has 0 aliphatic heterocycles. The Morgan fingerprint density at radius 3 is 2.40 bits per heavy atom. The van der Waals surface area contributed by atoms with Crippen molar-refractivity contribution in [2.45, 2.75) is 26.2 Å². The quantitative estimate of drug-likeness (QED) is 0.552. The number of phenols is 1. The van der Waals surface area contributed by atoms with Crippen molar-refractivity contribution in [1.82, 2.24) is 0 Å². The van der Waals surface area contributed by atoms with Crippen molar-refractivity contribution in [2.24, 2.45) is 0 Å². The molecule has 0 saturated heterocycles. The topological polar surface area (TPSA) is 86.6 Å². The smallest absolute Gasteiger partial charge is 0.307 e. The fourth-order valence-corrected chi connectivity index (χ4v) is 2.31. The Bertz CT molecular complexity index is 792. The first kappa shape index (κ1) is 18.3. The molecular weight excluding hydrogens is 318 g/mol. The largest absolute Gasteiger partial charge is 0.506 e. The third-order valence-corrected chi connectivity index (χ3v) is 3.70. The van der Waals surface area contributed by atoms with Crippen molar-refractivity contribution in [1.29, 1.82) is 0 Å².